The predicted molar refractivity (Wildman–Crippen MR) is 152 cm³/mol. The number of nitrogens with one attached hydrogen (secondary N) is 2. The van der Waals surface area contributed by atoms with Crippen molar-refractivity contribution in [1.82, 2.24) is 15.5 Å². The number of hydrogen-bond donors (Lipinski definition) is 2. The number of carbonyl (C=O) groups excluding carboxylic acids is 3. The number of alkyl carbamates (subject to hydrolysis) is 1. The Balaban J connectivity index is 2.54. The Morgan fingerprint density at radius 2 is 1.63 bits per heavy atom. The van der Waals surface area contributed by atoms with Gasteiger partial charge in [0.1, 0.15) is 17.7 Å². The number of carbonyl (C=O) groups is 3. The third-order valence-electron chi connectivity index (χ3n) is 5.91. The highest BCUT2D eigenvalue weighted by Gasteiger charge is 2.36. The first-order valence-corrected chi connectivity index (χ1v) is 13.6. The Labute approximate surface area is 228 Å². The van der Waals surface area contributed by atoms with Gasteiger partial charge in [-0.25, -0.2) is 4.79 Å². The minimum atomic E-state index is -0.909. The minimum Gasteiger partial charge on any atom is -0.444 e. The molecule has 0 aliphatic rings. The summed E-state index contributed by atoms with van der Waals surface area (Å²) in [6, 6.07) is 15.4. The predicted octanol–water partition coefficient (Wildman–Crippen LogP) is 5.72. The second-order valence-electron chi connectivity index (χ2n) is 11.1. The molecule has 0 fully saturated rings. The van der Waals surface area contributed by atoms with Crippen LogP contribution in [0.4, 0.5) is 4.79 Å². The van der Waals surface area contributed by atoms with E-state index in [0.29, 0.717) is 6.54 Å². The van der Waals surface area contributed by atoms with Crippen molar-refractivity contribution < 1.29 is 19.1 Å². The van der Waals surface area contributed by atoms with Gasteiger partial charge in [0.15, 0.2) is 0 Å². The van der Waals surface area contributed by atoms with Gasteiger partial charge in [-0.05, 0) is 59.1 Å². The third kappa shape index (κ3) is 10.2. The fourth-order valence-electron chi connectivity index (χ4n) is 4.28. The van der Waals surface area contributed by atoms with Crippen molar-refractivity contribution >= 4 is 17.9 Å². The molecule has 0 heterocycles. The zero-order valence-electron chi connectivity index (χ0n) is 24.0. The number of rotatable bonds is 12. The van der Waals surface area contributed by atoms with E-state index in [0.717, 1.165) is 36.0 Å². The van der Waals surface area contributed by atoms with Crippen LogP contribution in [0, 0.1) is 6.92 Å². The van der Waals surface area contributed by atoms with Crippen LogP contribution >= 0.6 is 0 Å². The van der Waals surface area contributed by atoms with E-state index in [1.165, 1.54) is 0 Å². The third-order valence-corrected chi connectivity index (χ3v) is 5.91. The van der Waals surface area contributed by atoms with E-state index in [4.69, 9.17) is 4.74 Å². The highest BCUT2D eigenvalue weighted by molar-refractivity contribution is 5.92. The second-order valence-corrected chi connectivity index (χ2v) is 11.1. The van der Waals surface area contributed by atoms with Crippen molar-refractivity contribution in [2.75, 3.05) is 6.54 Å². The Kier molecular flexibility index (Phi) is 11.8. The fourth-order valence-corrected chi connectivity index (χ4v) is 4.28. The Hall–Kier alpha value is -3.35. The summed E-state index contributed by atoms with van der Waals surface area (Å²) in [5, 5.41) is 5.81. The molecule has 7 nitrogen and oxygen atoms in total. The molecule has 2 unspecified atom stereocenters. The number of hydrogen-bond acceptors (Lipinski definition) is 4. The Bertz CT molecular complexity index is 1050. The average molecular weight is 524 g/mol. The molecule has 2 rings (SSSR count). The lowest BCUT2D eigenvalue weighted by Gasteiger charge is -2.35. The molecule has 0 bridgehead atoms. The summed E-state index contributed by atoms with van der Waals surface area (Å²) in [6.45, 7) is 13.6. The molecule has 0 saturated heterocycles. The lowest BCUT2D eigenvalue weighted by atomic mass is 9.98. The maximum Gasteiger partial charge on any atom is 0.408 e. The maximum atomic E-state index is 14.3. The van der Waals surface area contributed by atoms with Crippen LogP contribution < -0.4 is 10.6 Å². The van der Waals surface area contributed by atoms with Crippen LogP contribution in [0.25, 0.3) is 0 Å². The smallest absolute Gasteiger partial charge is 0.408 e. The summed E-state index contributed by atoms with van der Waals surface area (Å²) in [4.78, 5) is 42.4. The normalized spacial score (nSPS) is 12.9. The van der Waals surface area contributed by atoms with Gasteiger partial charge in [-0.2, -0.15) is 0 Å². The summed E-state index contributed by atoms with van der Waals surface area (Å²) < 4.78 is 5.50. The van der Waals surface area contributed by atoms with Gasteiger partial charge in [0.25, 0.3) is 0 Å². The number of amides is 3. The van der Waals surface area contributed by atoms with E-state index in [1.54, 1.807) is 25.7 Å². The highest BCUT2D eigenvalue weighted by atomic mass is 16.6. The SMILES string of the molecule is CCCCCN(C(=O)C(Cc1ccccc1)NC(=O)OC(C)(C)C)C(C(=O)NC(C)C)c1cccc(C)c1. The van der Waals surface area contributed by atoms with Crippen LogP contribution in [0.15, 0.2) is 54.6 Å². The van der Waals surface area contributed by atoms with E-state index in [2.05, 4.69) is 17.6 Å². The molecule has 2 aromatic carbocycles. The van der Waals surface area contributed by atoms with Crippen LogP contribution in [0.1, 0.15) is 83.5 Å². The van der Waals surface area contributed by atoms with Crippen molar-refractivity contribution in [1.29, 1.82) is 0 Å². The van der Waals surface area contributed by atoms with Crippen molar-refractivity contribution in [2.45, 2.75) is 97.9 Å². The van der Waals surface area contributed by atoms with Gasteiger partial charge < -0.3 is 20.3 Å². The first-order chi connectivity index (χ1) is 17.9. The summed E-state index contributed by atoms with van der Waals surface area (Å²) in [6.07, 6.45) is 2.23. The largest absolute Gasteiger partial charge is 0.444 e. The molecule has 38 heavy (non-hydrogen) atoms. The number of ether oxygens (including phenoxy) is 1. The van der Waals surface area contributed by atoms with E-state index in [9.17, 15) is 14.4 Å². The van der Waals surface area contributed by atoms with Gasteiger partial charge in [-0.1, -0.05) is 79.9 Å². The number of benzene rings is 2. The van der Waals surface area contributed by atoms with Crippen molar-refractivity contribution in [3.8, 4) is 0 Å². The van der Waals surface area contributed by atoms with Crippen LogP contribution in [0.3, 0.4) is 0 Å². The van der Waals surface area contributed by atoms with Crippen LogP contribution in [-0.4, -0.2) is 47.0 Å². The molecule has 2 aromatic rings. The van der Waals surface area contributed by atoms with Gasteiger partial charge in [-0.3, -0.25) is 9.59 Å². The van der Waals surface area contributed by atoms with Gasteiger partial charge >= 0.3 is 6.09 Å². The van der Waals surface area contributed by atoms with Crippen molar-refractivity contribution in [2.24, 2.45) is 0 Å². The summed E-state index contributed by atoms with van der Waals surface area (Å²) in [5.74, 6) is -0.563. The second kappa shape index (κ2) is 14.6. The Morgan fingerprint density at radius 1 is 0.947 bits per heavy atom. The van der Waals surface area contributed by atoms with Crippen LogP contribution in [0.2, 0.25) is 0 Å². The van der Waals surface area contributed by atoms with Gasteiger partial charge in [0, 0.05) is 19.0 Å². The van der Waals surface area contributed by atoms with Gasteiger partial charge in [-0.15, -0.1) is 0 Å². The first kappa shape index (κ1) is 30.9. The van der Waals surface area contributed by atoms with Crippen LogP contribution in [0.5, 0.6) is 0 Å². The molecule has 7 heteroatoms. The van der Waals surface area contributed by atoms with E-state index < -0.39 is 23.8 Å². The number of nitrogens with zero attached hydrogens (tertiary/aromatic N) is 1. The monoisotopic (exact) mass is 523 g/mol. The van der Waals surface area contributed by atoms with Gasteiger partial charge in [0.2, 0.25) is 11.8 Å². The summed E-state index contributed by atoms with van der Waals surface area (Å²) in [7, 11) is 0. The zero-order chi connectivity index (χ0) is 28.3. The summed E-state index contributed by atoms with van der Waals surface area (Å²) in [5.41, 5.74) is 1.92. The standard InChI is InChI=1S/C31H45N3O4/c1-8-9-13-19-34(27(28(35)32-22(2)3)25-18-14-15-23(4)20-25)29(36)26(21-24-16-11-10-12-17-24)33-30(37)38-31(5,6)7/h10-12,14-18,20,22,26-27H,8-9,13,19,21H2,1-7H3,(H,32,35)(H,33,37). The van der Waals surface area contributed by atoms with Gasteiger partial charge in [0.05, 0.1) is 0 Å². The fraction of sp³-hybridized carbons (Fsp3) is 0.516. The molecule has 2 atom stereocenters. The molecule has 0 spiro atoms. The Morgan fingerprint density at radius 3 is 2.21 bits per heavy atom. The van der Waals surface area contributed by atoms with Crippen LogP contribution in [-0.2, 0) is 20.7 Å². The van der Waals surface area contributed by atoms with E-state index in [-0.39, 0.29) is 24.3 Å². The average Bonchev–Trinajstić information content (AvgIpc) is 2.81. The topological polar surface area (TPSA) is 87.7 Å². The van der Waals surface area contributed by atoms with E-state index in [1.807, 2.05) is 75.4 Å². The lowest BCUT2D eigenvalue weighted by Crippen LogP contribution is -2.54. The molecule has 0 aliphatic heterocycles. The van der Waals surface area contributed by atoms with Crippen molar-refractivity contribution in [3.63, 3.8) is 0 Å². The quantitative estimate of drug-likeness (QED) is 0.349. The lowest BCUT2D eigenvalue weighted by molar-refractivity contribution is -0.142. The first-order valence-electron chi connectivity index (χ1n) is 13.6. The molecular formula is C31H45N3O4. The maximum absolute atomic E-state index is 14.3. The summed E-state index contributed by atoms with van der Waals surface area (Å²) >= 11 is 0. The highest BCUT2D eigenvalue weighted by Crippen LogP contribution is 2.25. The molecule has 0 radical (unpaired) electrons. The number of unbranched alkanes of at least 4 members (excludes halogenated alkanes) is 2. The minimum absolute atomic E-state index is 0.0950. The molecule has 2 N–H and O–H groups in total. The zero-order valence-corrected chi connectivity index (χ0v) is 24.0. The molecule has 0 saturated carbocycles. The number of aryl methyl sites for hydroxylation is 1. The molecule has 208 valence electrons. The molecular weight excluding hydrogens is 478 g/mol. The molecule has 0 aliphatic carbocycles. The molecule has 3 amide bonds. The van der Waals surface area contributed by atoms with E-state index >= 15 is 0 Å². The van der Waals surface area contributed by atoms with Crippen molar-refractivity contribution in [3.05, 3.63) is 71.3 Å². The molecule has 0 aromatic heterocycles.